The average Bonchev–Trinajstić information content (AvgIpc) is 3.19. The lowest BCUT2D eigenvalue weighted by molar-refractivity contribution is 0.217. The van der Waals surface area contributed by atoms with Crippen molar-refractivity contribution >= 4 is 17.1 Å². The van der Waals surface area contributed by atoms with Crippen LogP contribution in [-0.2, 0) is 40.9 Å². The maximum atomic E-state index is 2.62. The van der Waals surface area contributed by atoms with Crippen LogP contribution in [0.15, 0.2) is 121 Å². The Bertz CT molecular complexity index is 1950. The first-order valence-electron chi connectivity index (χ1n) is 20.8. The molecule has 0 saturated carbocycles. The molecular weight excluding hydrogens is 639 g/mol. The number of hydrogen-bond acceptors (Lipinski definition) is 1. The summed E-state index contributed by atoms with van der Waals surface area (Å²) >= 11 is 0. The summed E-state index contributed by atoms with van der Waals surface area (Å²) in [5, 5.41) is 0. The van der Waals surface area contributed by atoms with Gasteiger partial charge in [-0.1, -0.05) is 160 Å². The summed E-state index contributed by atoms with van der Waals surface area (Å²) in [6.07, 6.45) is 10.2. The molecule has 0 amide bonds. The van der Waals surface area contributed by atoms with Crippen LogP contribution in [0.25, 0.3) is 0 Å². The van der Waals surface area contributed by atoms with Gasteiger partial charge >= 0.3 is 0 Å². The lowest BCUT2D eigenvalue weighted by Gasteiger charge is -2.50. The van der Waals surface area contributed by atoms with E-state index >= 15 is 0 Å². The maximum Gasteiger partial charge on any atom is 0.0464 e. The number of nitrogens with zero attached hydrogens (tertiary/aromatic N) is 1. The molecule has 0 heterocycles. The zero-order chi connectivity index (χ0) is 37.9. The van der Waals surface area contributed by atoms with Crippen LogP contribution in [0.5, 0.6) is 0 Å². The molecular formula is C52H65N. The lowest BCUT2D eigenvalue weighted by Crippen LogP contribution is -2.46. The van der Waals surface area contributed by atoms with Gasteiger partial charge in [0.2, 0.25) is 0 Å². The van der Waals surface area contributed by atoms with E-state index in [0.717, 1.165) is 32.1 Å². The molecule has 0 saturated heterocycles. The summed E-state index contributed by atoms with van der Waals surface area (Å²) in [6, 6.07) is 47.0. The Morgan fingerprint density at radius 2 is 1.08 bits per heavy atom. The standard InChI is InChI=1S/C52H65N/c1-10-15-36-51(9,50(8,12-3)44-22-19-23-45(38-44)52(13-4,14-5)49(6,7)42-20-17-16-18-21-42)43-29-34-47(35-30-43)53(46-31-24-39(11-2)25-32-46)48-33-28-40-26-27-41(40)37-48/h16-25,28-35,37-38H,10-15,26-27,36H2,1-9H3. The fourth-order valence-electron chi connectivity index (χ4n) is 10.0. The van der Waals surface area contributed by atoms with Gasteiger partial charge in [-0.3, -0.25) is 0 Å². The summed E-state index contributed by atoms with van der Waals surface area (Å²) in [5.41, 5.74) is 13.7. The van der Waals surface area contributed by atoms with Crippen molar-refractivity contribution in [3.63, 3.8) is 0 Å². The quantitative estimate of drug-likeness (QED) is 0.0989. The van der Waals surface area contributed by atoms with E-state index in [9.17, 15) is 0 Å². The molecule has 0 radical (unpaired) electrons. The van der Waals surface area contributed by atoms with Crippen molar-refractivity contribution in [2.45, 2.75) is 142 Å². The highest BCUT2D eigenvalue weighted by atomic mass is 15.1. The topological polar surface area (TPSA) is 3.24 Å². The number of rotatable bonds is 16. The number of benzene rings is 5. The van der Waals surface area contributed by atoms with Crippen LogP contribution in [0, 0.1) is 0 Å². The van der Waals surface area contributed by atoms with Gasteiger partial charge in [0.05, 0.1) is 0 Å². The Morgan fingerprint density at radius 1 is 0.491 bits per heavy atom. The van der Waals surface area contributed by atoms with E-state index in [-0.39, 0.29) is 21.7 Å². The van der Waals surface area contributed by atoms with Crippen molar-refractivity contribution in [3.05, 3.63) is 160 Å². The fraction of sp³-hybridized carbons (Fsp3) is 0.423. The highest BCUT2D eigenvalue weighted by Gasteiger charge is 2.48. The first-order valence-corrected chi connectivity index (χ1v) is 20.8. The van der Waals surface area contributed by atoms with Crippen molar-refractivity contribution in [1.29, 1.82) is 0 Å². The molecule has 1 aliphatic rings. The van der Waals surface area contributed by atoms with Crippen LogP contribution in [0.3, 0.4) is 0 Å². The van der Waals surface area contributed by atoms with E-state index in [1.807, 2.05) is 0 Å². The van der Waals surface area contributed by atoms with E-state index in [1.54, 1.807) is 0 Å². The van der Waals surface area contributed by atoms with E-state index < -0.39 is 0 Å². The van der Waals surface area contributed by atoms with Crippen molar-refractivity contribution in [2.75, 3.05) is 4.90 Å². The Kier molecular flexibility index (Phi) is 11.4. The zero-order valence-electron chi connectivity index (χ0n) is 34.4. The molecule has 0 bridgehead atoms. The minimum Gasteiger partial charge on any atom is -0.310 e. The summed E-state index contributed by atoms with van der Waals surface area (Å²) in [6.45, 7) is 21.8. The van der Waals surface area contributed by atoms with Gasteiger partial charge < -0.3 is 4.90 Å². The molecule has 1 nitrogen and oxygen atoms in total. The summed E-state index contributed by atoms with van der Waals surface area (Å²) in [5.74, 6) is 0. The zero-order valence-corrected chi connectivity index (χ0v) is 34.4. The van der Waals surface area contributed by atoms with E-state index in [2.05, 4.69) is 189 Å². The van der Waals surface area contributed by atoms with Crippen LogP contribution in [0.1, 0.15) is 140 Å². The fourth-order valence-corrected chi connectivity index (χ4v) is 10.0. The highest BCUT2D eigenvalue weighted by Crippen LogP contribution is 2.53. The Balaban J connectivity index is 1.43. The second-order valence-corrected chi connectivity index (χ2v) is 16.8. The molecule has 0 aliphatic heterocycles. The van der Waals surface area contributed by atoms with Gasteiger partial charge in [-0.2, -0.15) is 0 Å². The Hall–Kier alpha value is -4.10. The van der Waals surface area contributed by atoms with Crippen LogP contribution in [0.2, 0.25) is 0 Å². The number of anilines is 3. The predicted molar refractivity (Wildman–Crippen MR) is 231 cm³/mol. The Morgan fingerprint density at radius 3 is 1.62 bits per heavy atom. The van der Waals surface area contributed by atoms with Gasteiger partial charge in [0.25, 0.3) is 0 Å². The third-order valence-electron chi connectivity index (χ3n) is 14.4. The molecule has 0 spiro atoms. The number of hydrogen-bond donors (Lipinski definition) is 0. The molecule has 53 heavy (non-hydrogen) atoms. The molecule has 0 aromatic heterocycles. The molecule has 6 rings (SSSR count). The number of unbranched alkanes of at least 4 members (excludes halogenated alkanes) is 1. The van der Waals surface area contributed by atoms with Crippen LogP contribution < -0.4 is 4.90 Å². The third kappa shape index (κ3) is 6.79. The highest BCUT2D eigenvalue weighted by molar-refractivity contribution is 5.77. The van der Waals surface area contributed by atoms with Crippen LogP contribution >= 0.6 is 0 Å². The van der Waals surface area contributed by atoms with E-state index in [0.29, 0.717) is 0 Å². The number of fused-ring (bicyclic) bond motifs is 1. The normalized spacial score (nSPS) is 15.2. The molecule has 5 aromatic rings. The third-order valence-corrected chi connectivity index (χ3v) is 14.4. The van der Waals surface area contributed by atoms with E-state index in [1.165, 1.54) is 81.7 Å². The van der Waals surface area contributed by atoms with Gasteiger partial charge in [0, 0.05) is 33.3 Å². The first-order chi connectivity index (χ1) is 25.5. The molecule has 5 aromatic carbocycles. The predicted octanol–water partition coefficient (Wildman–Crippen LogP) is 14.7. The van der Waals surface area contributed by atoms with Gasteiger partial charge in [-0.25, -0.2) is 0 Å². The summed E-state index contributed by atoms with van der Waals surface area (Å²) in [4.78, 5) is 2.46. The molecule has 2 atom stereocenters. The summed E-state index contributed by atoms with van der Waals surface area (Å²) in [7, 11) is 0. The van der Waals surface area contributed by atoms with Crippen LogP contribution in [0.4, 0.5) is 17.1 Å². The molecule has 1 aliphatic carbocycles. The van der Waals surface area contributed by atoms with Gasteiger partial charge in [0.1, 0.15) is 0 Å². The molecule has 1 heteroatoms. The molecule has 2 unspecified atom stereocenters. The second kappa shape index (κ2) is 15.7. The van der Waals surface area contributed by atoms with Crippen molar-refractivity contribution in [3.8, 4) is 0 Å². The van der Waals surface area contributed by atoms with Crippen molar-refractivity contribution < 1.29 is 0 Å². The number of aryl methyl sites for hydroxylation is 3. The molecule has 278 valence electrons. The van der Waals surface area contributed by atoms with Crippen molar-refractivity contribution in [1.82, 2.24) is 0 Å². The monoisotopic (exact) mass is 704 g/mol. The van der Waals surface area contributed by atoms with Crippen molar-refractivity contribution in [2.24, 2.45) is 0 Å². The maximum absolute atomic E-state index is 2.62. The van der Waals surface area contributed by atoms with E-state index in [4.69, 9.17) is 0 Å². The second-order valence-electron chi connectivity index (χ2n) is 16.8. The minimum atomic E-state index is -0.0682. The minimum absolute atomic E-state index is 0.0117. The van der Waals surface area contributed by atoms with Gasteiger partial charge in [-0.15, -0.1) is 0 Å². The first kappa shape index (κ1) is 38.6. The molecule has 0 fully saturated rings. The molecule has 0 N–H and O–H groups in total. The lowest BCUT2D eigenvalue weighted by atomic mass is 9.53. The largest absolute Gasteiger partial charge is 0.310 e. The SMILES string of the molecule is CCCCC(C)(c1ccc(N(c2ccc(CC)cc2)c2ccc3c(c2)CC3)cc1)C(C)(CC)c1cccc(C(CC)(CC)C(C)(C)c2ccccc2)c1. The summed E-state index contributed by atoms with van der Waals surface area (Å²) < 4.78 is 0. The smallest absolute Gasteiger partial charge is 0.0464 e. The Labute approximate surface area is 322 Å². The van der Waals surface area contributed by atoms with Gasteiger partial charge in [0.15, 0.2) is 0 Å². The average molecular weight is 704 g/mol. The van der Waals surface area contributed by atoms with Gasteiger partial charge in [-0.05, 0) is 126 Å². The van der Waals surface area contributed by atoms with Crippen LogP contribution in [-0.4, -0.2) is 0 Å².